The van der Waals surface area contributed by atoms with Gasteiger partial charge in [-0.05, 0) is 35.9 Å². The molecule has 4 aromatic rings. The van der Waals surface area contributed by atoms with E-state index in [2.05, 4.69) is 9.97 Å². The SMILES string of the molecule is O=c1[nH]/c(=C\c2nc3ccccc3s2)s/c1=C\c1ccc(F)cc1. The molecule has 3 nitrogen and oxygen atoms in total. The highest BCUT2D eigenvalue weighted by Gasteiger charge is 2.01. The zero-order valence-corrected chi connectivity index (χ0v) is 14.0. The van der Waals surface area contributed by atoms with Crippen molar-refractivity contribution in [1.82, 2.24) is 9.97 Å². The summed E-state index contributed by atoms with van der Waals surface area (Å²) in [5.74, 6) is -0.294. The standard InChI is InChI=1S/C18H11FN2OS2/c19-12-7-5-11(6-8-12)9-15-18(22)21-17(24-15)10-16-20-13-3-1-2-4-14(13)23-16/h1-10H,(H,21,22)/b15-9-,17-10+. The molecule has 118 valence electrons. The number of nitrogens with one attached hydrogen (secondary N) is 1. The molecule has 0 saturated heterocycles. The van der Waals surface area contributed by atoms with Gasteiger partial charge < -0.3 is 4.98 Å². The highest BCUT2D eigenvalue weighted by Crippen LogP contribution is 2.21. The number of hydrogen-bond acceptors (Lipinski definition) is 4. The highest BCUT2D eigenvalue weighted by molar-refractivity contribution is 7.19. The van der Waals surface area contributed by atoms with Crippen LogP contribution in [0.4, 0.5) is 4.39 Å². The van der Waals surface area contributed by atoms with Crippen molar-refractivity contribution in [1.29, 1.82) is 0 Å². The fourth-order valence-electron chi connectivity index (χ4n) is 2.30. The Bertz CT molecular complexity index is 1150. The van der Waals surface area contributed by atoms with E-state index in [0.29, 0.717) is 4.53 Å². The third-order valence-corrected chi connectivity index (χ3v) is 5.36. The lowest BCUT2D eigenvalue weighted by Gasteiger charge is -1.90. The second-order valence-corrected chi connectivity index (χ2v) is 7.29. The molecule has 2 heterocycles. The fourth-order valence-corrected chi connectivity index (χ4v) is 4.17. The summed E-state index contributed by atoms with van der Waals surface area (Å²) < 4.78 is 15.4. The third kappa shape index (κ3) is 3.06. The summed E-state index contributed by atoms with van der Waals surface area (Å²) in [5.41, 5.74) is 1.58. The van der Waals surface area contributed by atoms with Crippen LogP contribution in [0.1, 0.15) is 10.6 Å². The summed E-state index contributed by atoms with van der Waals surface area (Å²) in [6.45, 7) is 0. The zero-order valence-electron chi connectivity index (χ0n) is 12.3. The van der Waals surface area contributed by atoms with Crippen molar-refractivity contribution >= 4 is 45.0 Å². The molecular formula is C18H11FN2OS2. The monoisotopic (exact) mass is 354 g/mol. The van der Waals surface area contributed by atoms with Gasteiger partial charge in [0.15, 0.2) is 0 Å². The van der Waals surface area contributed by atoms with Crippen LogP contribution in [0.5, 0.6) is 0 Å². The minimum absolute atomic E-state index is 0.156. The van der Waals surface area contributed by atoms with Crippen molar-refractivity contribution in [2.45, 2.75) is 0 Å². The molecule has 6 heteroatoms. The molecule has 24 heavy (non-hydrogen) atoms. The van der Waals surface area contributed by atoms with Gasteiger partial charge in [-0.15, -0.1) is 22.7 Å². The van der Waals surface area contributed by atoms with Gasteiger partial charge in [0.25, 0.3) is 5.56 Å². The number of para-hydroxylation sites is 1. The molecule has 0 bridgehead atoms. The lowest BCUT2D eigenvalue weighted by molar-refractivity contribution is 0.628. The van der Waals surface area contributed by atoms with Crippen LogP contribution in [0.15, 0.2) is 53.3 Å². The third-order valence-electron chi connectivity index (χ3n) is 3.41. The zero-order chi connectivity index (χ0) is 16.5. The van der Waals surface area contributed by atoms with Crippen molar-refractivity contribution in [2.75, 3.05) is 0 Å². The van der Waals surface area contributed by atoms with E-state index in [1.807, 2.05) is 30.3 Å². The van der Waals surface area contributed by atoms with E-state index in [1.54, 1.807) is 29.5 Å². The topological polar surface area (TPSA) is 45.8 Å². The van der Waals surface area contributed by atoms with Crippen molar-refractivity contribution in [3.05, 3.63) is 84.5 Å². The normalized spacial score (nSPS) is 13.0. The summed E-state index contributed by atoms with van der Waals surface area (Å²) in [5, 5.41) is 0.849. The second-order valence-electron chi connectivity index (χ2n) is 5.14. The van der Waals surface area contributed by atoms with Crippen LogP contribution in [0, 0.1) is 5.82 Å². The molecule has 0 aliphatic carbocycles. The van der Waals surface area contributed by atoms with Crippen molar-refractivity contribution < 1.29 is 4.39 Å². The first-order chi connectivity index (χ1) is 11.7. The average molecular weight is 354 g/mol. The van der Waals surface area contributed by atoms with E-state index in [4.69, 9.17) is 0 Å². The van der Waals surface area contributed by atoms with E-state index in [-0.39, 0.29) is 11.4 Å². The molecule has 1 N–H and O–H groups in total. The summed E-state index contributed by atoms with van der Waals surface area (Å²) in [6, 6.07) is 14.0. The molecule has 0 fully saturated rings. The summed E-state index contributed by atoms with van der Waals surface area (Å²) >= 11 is 2.94. The van der Waals surface area contributed by atoms with Crippen molar-refractivity contribution in [3.63, 3.8) is 0 Å². The molecule has 0 saturated carbocycles. The predicted molar refractivity (Wildman–Crippen MR) is 97.3 cm³/mol. The van der Waals surface area contributed by atoms with Crippen LogP contribution in [0.2, 0.25) is 0 Å². The van der Waals surface area contributed by atoms with Crippen LogP contribution in [0.25, 0.3) is 22.4 Å². The molecule has 2 aromatic carbocycles. The van der Waals surface area contributed by atoms with E-state index in [9.17, 15) is 9.18 Å². The van der Waals surface area contributed by atoms with Gasteiger partial charge in [-0.25, -0.2) is 9.37 Å². The van der Waals surface area contributed by atoms with Crippen LogP contribution < -0.4 is 14.8 Å². The minimum Gasteiger partial charge on any atom is -0.313 e. The van der Waals surface area contributed by atoms with E-state index in [1.165, 1.54) is 23.5 Å². The molecule has 0 radical (unpaired) electrons. The number of halogens is 1. The number of aromatic amines is 1. The maximum atomic E-state index is 12.9. The predicted octanol–water partition coefficient (Wildman–Crippen LogP) is 2.84. The number of thiazole rings is 2. The second kappa shape index (κ2) is 6.14. The Morgan fingerprint density at radius 2 is 1.79 bits per heavy atom. The summed E-state index contributed by atoms with van der Waals surface area (Å²) in [7, 11) is 0. The number of hydrogen-bond donors (Lipinski definition) is 1. The quantitative estimate of drug-likeness (QED) is 0.602. The van der Waals surface area contributed by atoms with Crippen LogP contribution >= 0.6 is 22.7 Å². The number of benzene rings is 2. The number of H-pyrrole nitrogens is 1. The van der Waals surface area contributed by atoms with Gasteiger partial charge in [-0.2, -0.15) is 0 Å². The van der Waals surface area contributed by atoms with E-state index < -0.39 is 0 Å². The molecule has 0 amide bonds. The smallest absolute Gasteiger partial charge is 0.266 e. The first kappa shape index (κ1) is 15.0. The molecule has 0 aliphatic heterocycles. The van der Waals surface area contributed by atoms with Gasteiger partial charge in [0, 0.05) is 6.08 Å². The Morgan fingerprint density at radius 1 is 1.00 bits per heavy atom. The van der Waals surface area contributed by atoms with E-state index in [0.717, 1.165) is 25.5 Å². The largest absolute Gasteiger partial charge is 0.313 e. The lowest BCUT2D eigenvalue weighted by atomic mass is 10.2. The Kier molecular flexibility index (Phi) is 3.84. The maximum Gasteiger partial charge on any atom is 0.266 e. The van der Waals surface area contributed by atoms with Crippen LogP contribution in [-0.2, 0) is 0 Å². The number of aromatic nitrogens is 2. The van der Waals surface area contributed by atoms with Gasteiger partial charge in [-0.1, -0.05) is 24.3 Å². The fraction of sp³-hybridized carbons (Fsp3) is 0. The van der Waals surface area contributed by atoms with Gasteiger partial charge in [-0.3, -0.25) is 4.79 Å². The van der Waals surface area contributed by atoms with Gasteiger partial charge >= 0.3 is 0 Å². The summed E-state index contributed by atoms with van der Waals surface area (Å²) in [4.78, 5) is 19.5. The average Bonchev–Trinajstić information content (AvgIpc) is 3.12. The molecule has 0 aliphatic rings. The Labute approximate surface area is 144 Å². The van der Waals surface area contributed by atoms with Gasteiger partial charge in [0.1, 0.15) is 10.8 Å². The Morgan fingerprint density at radius 3 is 2.58 bits per heavy atom. The lowest BCUT2D eigenvalue weighted by Crippen LogP contribution is -2.19. The molecular weight excluding hydrogens is 343 g/mol. The number of rotatable bonds is 2. The van der Waals surface area contributed by atoms with Crippen LogP contribution in [0.3, 0.4) is 0 Å². The number of nitrogens with zero attached hydrogens (tertiary/aromatic N) is 1. The van der Waals surface area contributed by atoms with Crippen molar-refractivity contribution in [2.24, 2.45) is 0 Å². The van der Waals surface area contributed by atoms with Crippen LogP contribution in [-0.4, -0.2) is 9.97 Å². The van der Waals surface area contributed by atoms with Gasteiger partial charge in [0.2, 0.25) is 0 Å². The first-order valence-corrected chi connectivity index (χ1v) is 8.84. The Hall–Kier alpha value is -2.57. The molecule has 2 aromatic heterocycles. The summed E-state index contributed by atoms with van der Waals surface area (Å²) in [6.07, 6.45) is 3.62. The number of fused-ring (bicyclic) bond motifs is 1. The van der Waals surface area contributed by atoms with E-state index >= 15 is 0 Å². The van der Waals surface area contributed by atoms with Gasteiger partial charge in [0.05, 0.1) is 19.4 Å². The highest BCUT2D eigenvalue weighted by atomic mass is 32.1. The van der Waals surface area contributed by atoms with Crippen molar-refractivity contribution in [3.8, 4) is 0 Å². The minimum atomic E-state index is -0.294. The first-order valence-electron chi connectivity index (χ1n) is 7.21. The molecule has 4 rings (SSSR count). The Balaban J connectivity index is 1.77. The maximum absolute atomic E-state index is 12.9. The molecule has 0 atom stereocenters. The molecule has 0 spiro atoms. The molecule has 0 unspecified atom stereocenters.